The second kappa shape index (κ2) is 6.78. The third-order valence-corrected chi connectivity index (χ3v) is 2.38. The van der Waals surface area contributed by atoms with E-state index in [2.05, 4.69) is 16.6 Å². The van der Waals surface area contributed by atoms with Crippen LogP contribution in [0.1, 0.15) is 15.9 Å². The van der Waals surface area contributed by atoms with Crippen LogP contribution in [0.5, 0.6) is 0 Å². The van der Waals surface area contributed by atoms with Crippen molar-refractivity contribution in [2.75, 3.05) is 18.9 Å². The van der Waals surface area contributed by atoms with Crippen molar-refractivity contribution in [2.24, 2.45) is 0 Å². The minimum atomic E-state index is -4.55. The Labute approximate surface area is 118 Å². The molecule has 0 spiro atoms. The third-order valence-electron chi connectivity index (χ3n) is 2.38. The van der Waals surface area contributed by atoms with E-state index >= 15 is 0 Å². The van der Waals surface area contributed by atoms with Crippen LogP contribution < -0.4 is 11.1 Å². The maximum Gasteiger partial charge on any atom is 0.416 e. The molecule has 5 nitrogen and oxygen atoms in total. The van der Waals surface area contributed by atoms with Gasteiger partial charge in [0.2, 0.25) is 0 Å². The molecule has 0 bridgehead atoms. The Balaban J connectivity index is 2.71. The van der Waals surface area contributed by atoms with Gasteiger partial charge in [-0.2, -0.15) is 13.2 Å². The van der Waals surface area contributed by atoms with Crippen LogP contribution in [0, 0.1) is 0 Å². The summed E-state index contributed by atoms with van der Waals surface area (Å²) in [5.41, 5.74) is 3.81. The van der Waals surface area contributed by atoms with Crippen LogP contribution in [0.4, 0.5) is 18.9 Å². The molecule has 0 unspecified atom stereocenters. The highest BCUT2D eigenvalue weighted by molar-refractivity contribution is 5.96. The number of esters is 1. The lowest BCUT2D eigenvalue weighted by Crippen LogP contribution is -2.28. The van der Waals surface area contributed by atoms with Crippen LogP contribution in [-0.4, -0.2) is 25.0 Å². The summed E-state index contributed by atoms with van der Waals surface area (Å²) >= 11 is 0. The van der Waals surface area contributed by atoms with Crippen LogP contribution in [0.2, 0.25) is 0 Å². The first-order valence-corrected chi connectivity index (χ1v) is 5.77. The van der Waals surface area contributed by atoms with E-state index in [1.165, 1.54) is 6.08 Å². The number of alkyl halides is 3. The SMILES string of the molecule is C=CCNC(=O)COC(=O)c1ccc(C(F)(F)F)cc1N. The van der Waals surface area contributed by atoms with Crippen molar-refractivity contribution in [3.63, 3.8) is 0 Å². The lowest BCUT2D eigenvalue weighted by molar-refractivity contribution is -0.137. The van der Waals surface area contributed by atoms with Crippen LogP contribution in [-0.2, 0) is 15.7 Å². The number of ether oxygens (including phenoxy) is 1. The van der Waals surface area contributed by atoms with Crippen molar-refractivity contribution in [1.82, 2.24) is 5.32 Å². The van der Waals surface area contributed by atoms with Gasteiger partial charge in [0.25, 0.3) is 5.91 Å². The highest BCUT2D eigenvalue weighted by Gasteiger charge is 2.31. The van der Waals surface area contributed by atoms with Gasteiger partial charge in [0, 0.05) is 12.2 Å². The molecule has 0 fully saturated rings. The number of carbonyl (C=O) groups excluding carboxylic acids is 2. The molecule has 0 saturated carbocycles. The molecule has 0 aliphatic heterocycles. The molecule has 1 aromatic carbocycles. The van der Waals surface area contributed by atoms with E-state index in [1.807, 2.05) is 0 Å². The van der Waals surface area contributed by atoms with E-state index in [1.54, 1.807) is 0 Å². The molecular weight excluding hydrogens is 289 g/mol. The summed E-state index contributed by atoms with van der Waals surface area (Å²) < 4.78 is 42.0. The first-order chi connectivity index (χ1) is 9.75. The molecule has 1 aromatic rings. The number of carbonyl (C=O) groups is 2. The summed E-state index contributed by atoms with van der Waals surface area (Å²) in [5.74, 6) is -1.54. The molecule has 0 heterocycles. The highest BCUT2D eigenvalue weighted by Crippen LogP contribution is 2.31. The van der Waals surface area contributed by atoms with Gasteiger partial charge >= 0.3 is 12.1 Å². The summed E-state index contributed by atoms with van der Waals surface area (Å²) in [4.78, 5) is 22.8. The fourth-order valence-electron chi connectivity index (χ4n) is 1.37. The van der Waals surface area contributed by atoms with E-state index in [9.17, 15) is 22.8 Å². The number of nitrogens with two attached hydrogens (primary N) is 1. The largest absolute Gasteiger partial charge is 0.452 e. The predicted molar refractivity (Wildman–Crippen MR) is 69.3 cm³/mol. The maximum atomic E-state index is 12.4. The molecule has 0 aromatic heterocycles. The topological polar surface area (TPSA) is 81.4 Å². The number of anilines is 1. The van der Waals surface area contributed by atoms with E-state index in [0.717, 1.165) is 6.07 Å². The normalized spacial score (nSPS) is 10.8. The third kappa shape index (κ3) is 4.83. The van der Waals surface area contributed by atoms with Gasteiger partial charge in [-0.25, -0.2) is 4.79 Å². The number of hydrogen-bond acceptors (Lipinski definition) is 4. The fourth-order valence-corrected chi connectivity index (χ4v) is 1.37. The zero-order chi connectivity index (χ0) is 16.0. The number of nitrogen functional groups attached to an aromatic ring is 1. The molecule has 8 heteroatoms. The lowest BCUT2D eigenvalue weighted by Gasteiger charge is -2.10. The number of hydrogen-bond donors (Lipinski definition) is 2. The van der Waals surface area contributed by atoms with Gasteiger partial charge in [-0.05, 0) is 18.2 Å². The Morgan fingerprint density at radius 1 is 1.38 bits per heavy atom. The van der Waals surface area contributed by atoms with Crippen molar-refractivity contribution in [2.45, 2.75) is 6.18 Å². The molecular formula is C13H13F3N2O3. The van der Waals surface area contributed by atoms with Crippen molar-refractivity contribution in [3.8, 4) is 0 Å². The van der Waals surface area contributed by atoms with Crippen LogP contribution in [0.3, 0.4) is 0 Å². The highest BCUT2D eigenvalue weighted by atomic mass is 19.4. The average molecular weight is 302 g/mol. The molecule has 21 heavy (non-hydrogen) atoms. The zero-order valence-corrected chi connectivity index (χ0v) is 10.9. The molecule has 0 aliphatic rings. The van der Waals surface area contributed by atoms with Crippen molar-refractivity contribution < 1.29 is 27.5 Å². The second-order valence-electron chi connectivity index (χ2n) is 3.97. The smallest absolute Gasteiger partial charge is 0.416 e. The minimum Gasteiger partial charge on any atom is -0.452 e. The number of rotatable bonds is 5. The summed E-state index contributed by atoms with van der Waals surface area (Å²) in [6, 6.07) is 2.25. The summed E-state index contributed by atoms with van der Waals surface area (Å²) in [5, 5.41) is 2.37. The minimum absolute atomic E-state index is 0.207. The Hall–Kier alpha value is -2.51. The van der Waals surface area contributed by atoms with Gasteiger partial charge < -0.3 is 15.8 Å². The summed E-state index contributed by atoms with van der Waals surface area (Å²) in [6.45, 7) is 3.03. The van der Waals surface area contributed by atoms with Gasteiger partial charge in [-0.3, -0.25) is 4.79 Å². The van der Waals surface area contributed by atoms with Gasteiger partial charge in [-0.1, -0.05) is 6.08 Å². The van der Waals surface area contributed by atoms with E-state index in [4.69, 9.17) is 5.73 Å². The van der Waals surface area contributed by atoms with E-state index in [0.29, 0.717) is 12.1 Å². The van der Waals surface area contributed by atoms with Crippen LogP contribution >= 0.6 is 0 Å². The summed E-state index contributed by atoms with van der Waals surface area (Å²) in [7, 11) is 0. The van der Waals surface area contributed by atoms with Gasteiger partial charge in [-0.15, -0.1) is 6.58 Å². The molecule has 1 rings (SSSR count). The average Bonchev–Trinajstić information content (AvgIpc) is 2.41. The fraction of sp³-hybridized carbons (Fsp3) is 0.231. The molecule has 0 saturated heterocycles. The van der Waals surface area contributed by atoms with Gasteiger partial charge in [0.15, 0.2) is 6.61 Å². The first kappa shape index (κ1) is 16.5. The maximum absolute atomic E-state index is 12.4. The van der Waals surface area contributed by atoms with Gasteiger partial charge in [0.1, 0.15) is 0 Å². The molecule has 0 aliphatic carbocycles. The number of halogens is 3. The molecule has 3 N–H and O–H groups in total. The zero-order valence-electron chi connectivity index (χ0n) is 10.9. The van der Waals surface area contributed by atoms with Gasteiger partial charge in [0.05, 0.1) is 11.1 Å². The molecule has 1 amide bonds. The number of amides is 1. The predicted octanol–water partition coefficient (Wildman–Crippen LogP) is 1.75. The van der Waals surface area contributed by atoms with E-state index < -0.39 is 30.2 Å². The molecule has 114 valence electrons. The van der Waals surface area contributed by atoms with Crippen LogP contribution in [0.25, 0.3) is 0 Å². The first-order valence-electron chi connectivity index (χ1n) is 5.77. The standard InChI is InChI=1S/C13H13F3N2O3/c1-2-5-18-11(19)7-21-12(20)9-4-3-8(6-10(9)17)13(14,15)16/h2-4,6H,1,5,7,17H2,(H,18,19). The van der Waals surface area contributed by atoms with E-state index in [-0.39, 0.29) is 17.8 Å². The number of benzene rings is 1. The lowest BCUT2D eigenvalue weighted by atomic mass is 10.1. The molecule has 0 atom stereocenters. The second-order valence-corrected chi connectivity index (χ2v) is 3.97. The Bertz CT molecular complexity index is 556. The quantitative estimate of drug-likeness (QED) is 0.493. The molecule has 0 radical (unpaired) electrons. The van der Waals surface area contributed by atoms with Crippen LogP contribution in [0.15, 0.2) is 30.9 Å². The van der Waals surface area contributed by atoms with Crippen molar-refractivity contribution in [3.05, 3.63) is 42.0 Å². The van der Waals surface area contributed by atoms with Crippen molar-refractivity contribution >= 4 is 17.6 Å². The Kier molecular flexibility index (Phi) is 5.34. The number of nitrogens with one attached hydrogen (secondary N) is 1. The summed E-state index contributed by atoms with van der Waals surface area (Å²) in [6.07, 6.45) is -3.12. The Morgan fingerprint density at radius 3 is 2.57 bits per heavy atom. The van der Waals surface area contributed by atoms with Crippen molar-refractivity contribution in [1.29, 1.82) is 0 Å². The monoisotopic (exact) mass is 302 g/mol. The Morgan fingerprint density at radius 2 is 2.05 bits per heavy atom.